The molecule has 0 amide bonds. The number of hydrogen-bond donors (Lipinski definition) is 1. The Morgan fingerprint density at radius 2 is 1.67 bits per heavy atom. The minimum Gasteiger partial charge on any atom is -0.359 e. The van der Waals surface area contributed by atoms with Crippen molar-refractivity contribution in [3.63, 3.8) is 0 Å². The van der Waals surface area contributed by atoms with Gasteiger partial charge in [0.1, 0.15) is 0 Å². The van der Waals surface area contributed by atoms with Crippen molar-refractivity contribution < 1.29 is 0 Å². The molecule has 0 bridgehead atoms. The highest BCUT2D eigenvalue weighted by Gasteiger charge is 1.95. The predicted molar refractivity (Wildman–Crippen MR) is 68.4 cm³/mol. The summed E-state index contributed by atoms with van der Waals surface area (Å²) in [5, 5.41) is 1.31. The van der Waals surface area contributed by atoms with Gasteiger partial charge in [0.05, 0.1) is 0 Å². The Bertz CT molecular complexity index is 410. The fourth-order valence-electron chi connectivity index (χ4n) is 1.40. The van der Waals surface area contributed by atoms with Gasteiger partial charge in [-0.15, -0.1) is 0 Å². The van der Waals surface area contributed by atoms with Gasteiger partial charge in [0, 0.05) is 11.2 Å². The molecule has 1 nitrogen and oxygen atoms in total. The summed E-state index contributed by atoms with van der Waals surface area (Å²) in [6, 6.07) is 8.61. The number of aromatic nitrogens is 1. The molecular weight excluding hydrogens is 182 g/mol. The van der Waals surface area contributed by atoms with Crippen LogP contribution in [0.3, 0.4) is 0 Å². The monoisotopic (exact) mass is 203 g/mol. The lowest BCUT2D eigenvalue weighted by Gasteiger charge is -1.90. The maximum Gasteiger partial charge on any atom is 0.0456 e. The average Bonchev–Trinajstić information content (AvgIpc) is 2.58. The van der Waals surface area contributed by atoms with Crippen LogP contribution in [0.2, 0.25) is 0 Å². The number of aromatic amines is 1. The summed E-state index contributed by atoms with van der Waals surface area (Å²) < 4.78 is 0. The summed E-state index contributed by atoms with van der Waals surface area (Å²) in [6.45, 7) is 8.55. The van der Waals surface area contributed by atoms with Crippen LogP contribution >= 0.6 is 0 Å². The first-order chi connectivity index (χ1) is 7.17. The van der Waals surface area contributed by atoms with Gasteiger partial charge in [-0.25, -0.2) is 0 Å². The SMILES string of the molecule is CCCC.Cc1ccc2[nH]c(C)cc2c1. The Morgan fingerprint density at radius 1 is 1.00 bits per heavy atom. The maximum atomic E-state index is 3.29. The number of rotatable bonds is 1. The molecule has 2 aromatic rings. The minimum absolute atomic E-state index is 1.23. The summed E-state index contributed by atoms with van der Waals surface area (Å²) in [5.41, 5.74) is 3.77. The molecule has 0 aliphatic rings. The number of fused-ring (bicyclic) bond motifs is 1. The fraction of sp³-hybridized carbons (Fsp3) is 0.429. The normalized spacial score (nSPS) is 9.87. The predicted octanol–water partition coefficient (Wildman–Crippen LogP) is 4.59. The third-order valence-corrected chi connectivity index (χ3v) is 2.41. The van der Waals surface area contributed by atoms with E-state index in [2.05, 4.69) is 56.9 Å². The van der Waals surface area contributed by atoms with E-state index in [9.17, 15) is 0 Å². The first-order valence-electron chi connectivity index (χ1n) is 5.73. The van der Waals surface area contributed by atoms with Crippen LogP contribution in [-0.4, -0.2) is 4.98 Å². The van der Waals surface area contributed by atoms with Gasteiger partial charge in [-0.3, -0.25) is 0 Å². The highest BCUT2D eigenvalue weighted by atomic mass is 14.7. The number of nitrogens with one attached hydrogen (secondary N) is 1. The Hall–Kier alpha value is -1.24. The third-order valence-electron chi connectivity index (χ3n) is 2.41. The van der Waals surface area contributed by atoms with Gasteiger partial charge in [0.25, 0.3) is 0 Å². The molecule has 0 aliphatic carbocycles. The van der Waals surface area contributed by atoms with Crippen LogP contribution in [0.4, 0.5) is 0 Å². The molecule has 1 aromatic carbocycles. The number of unbranched alkanes of at least 4 members (excludes halogenated alkanes) is 1. The van der Waals surface area contributed by atoms with Crippen LogP contribution in [0.5, 0.6) is 0 Å². The molecule has 0 radical (unpaired) electrons. The van der Waals surface area contributed by atoms with Crippen molar-refractivity contribution in [2.45, 2.75) is 40.5 Å². The lowest BCUT2D eigenvalue weighted by atomic mass is 10.2. The molecule has 82 valence electrons. The number of aryl methyl sites for hydroxylation is 2. The Morgan fingerprint density at radius 3 is 2.27 bits per heavy atom. The van der Waals surface area contributed by atoms with Crippen molar-refractivity contribution in [3.8, 4) is 0 Å². The average molecular weight is 203 g/mol. The van der Waals surface area contributed by atoms with Crippen molar-refractivity contribution in [2.24, 2.45) is 0 Å². The quantitative estimate of drug-likeness (QED) is 0.697. The van der Waals surface area contributed by atoms with Gasteiger partial charge >= 0.3 is 0 Å². The third kappa shape index (κ3) is 3.43. The second kappa shape index (κ2) is 5.59. The standard InChI is InChI=1S/C10H11N.C4H10/c1-7-3-4-10-9(5-7)6-8(2)11-10;1-3-4-2/h3-6,11H,1-2H3;3-4H2,1-2H3. The molecule has 1 heterocycles. The van der Waals surface area contributed by atoms with E-state index in [0.717, 1.165) is 0 Å². The lowest BCUT2D eigenvalue weighted by molar-refractivity contribution is 0.886. The molecule has 0 aliphatic heterocycles. The molecule has 1 heteroatoms. The van der Waals surface area contributed by atoms with Gasteiger partial charge in [-0.2, -0.15) is 0 Å². The van der Waals surface area contributed by atoms with Gasteiger partial charge in [-0.05, 0) is 37.4 Å². The zero-order valence-electron chi connectivity index (χ0n) is 10.2. The van der Waals surface area contributed by atoms with Crippen LogP contribution in [0.1, 0.15) is 37.9 Å². The number of benzene rings is 1. The highest BCUT2D eigenvalue weighted by molar-refractivity contribution is 5.80. The summed E-state index contributed by atoms with van der Waals surface area (Å²) in [4.78, 5) is 3.29. The van der Waals surface area contributed by atoms with Crippen molar-refractivity contribution in [1.29, 1.82) is 0 Å². The van der Waals surface area contributed by atoms with E-state index in [1.54, 1.807) is 0 Å². The maximum absolute atomic E-state index is 3.29. The van der Waals surface area contributed by atoms with Crippen LogP contribution < -0.4 is 0 Å². The summed E-state index contributed by atoms with van der Waals surface area (Å²) in [5.74, 6) is 0. The van der Waals surface area contributed by atoms with E-state index < -0.39 is 0 Å². The zero-order valence-corrected chi connectivity index (χ0v) is 10.2. The molecule has 0 atom stereocenters. The molecular formula is C14H21N. The van der Waals surface area contributed by atoms with E-state index in [1.807, 2.05) is 0 Å². The Kier molecular flexibility index (Phi) is 4.41. The molecule has 0 saturated heterocycles. The Balaban J connectivity index is 0.000000245. The minimum atomic E-state index is 1.23. The van der Waals surface area contributed by atoms with Gasteiger partial charge in [0.15, 0.2) is 0 Å². The van der Waals surface area contributed by atoms with E-state index in [4.69, 9.17) is 0 Å². The van der Waals surface area contributed by atoms with Crippen molar-refractivity contribution in [3.05, 3.63) is 35.5 Å². The van der Waals surface area contributed by atoms with Crippen LogP contribution in [0, 0.1) is 13.8 Å². The molecule has 1 N–H and O–H groups in total. The molecule has 1 aromatic heterocycles. The lowest BCUT2D eigenvalue weighted by Crippen LogP contribution is -1.70. The van der Waals surface area contributed by atoms with Crippen molar-refractivity contribution >= 4 is 10.9 Å². The second-order valence-electron chi connectivity index (χ2n) is 4.04. The molecule has 15 heavy (non-hydrogen) atoms. The van der Waals surface area contributed by atoms with Gasteiger partial charge in [-0.1, -0.05) is 38.3 Å². The zero-order chi connectivity index (χ0) is 11.3. The first-order valence-corrected chi connectivity index (χ1v) is 5.73. The molecule has 0 saturated carbocycles. The Labute approximate surface area is 92.5 Å². The summed E-state index contributed by atoms with van der Waals surface area (Å²) in [7, 11) is 0. The van der Waals surface area contributed by atoms with Crippen LogP contribution in [-0.2, 0) is 0 Å². The van der Waals surface area contributed by atoms with Crippen LogP contribution in [0.15, 0.2) is 24.3 Å². The fourth-order valence-corrected chi connectivity index (χ4v) is 1.40. The molecule has 0 spiro atoms. The van der Waals surface area contributed by atoms with Crippen molar-refractivity contribution in [2.75, 3.05) is 0 Å². The first kappa shape index (κ1) is 11.8. The van der Waals surface area contributed by atoms with E-state index in [1.165, 1.54) is 35.0 Å². The second-order valence-corrected chi connectivity index (χ2v) is 4.04. The van der Waals surface area contributed by atoms with E-state index >= 15 is 0 Å². The van der Waals surface area contributed by atoms with Gasteiger partial charge < -0.3 is 4.98 Å². The van der Waals surface area contributed by atoms with Crippen LogP contribution in [0.25, 0.3) is 10.9 Å². The molecule has 2 rings (SSSR count). The van der Waals surface area contributed by atoms with Gasteiger partial charge in [0.2, 0.25) is 0 Å². The summed E-state index contributed by atoms with van der Waals surface area (Å²) >= 11 is 0. The smallest absolute Gasteiger partial charge is 0.0456 e. The summed E-state index contributed by atoms with van der Waals surface area (Å²) in [6.07, 6.45) is 2.64. The van der Waals surface area contributed by atoms with E-state index in [0.29, 0.717) is 0 Å². The molecule has 0 fully saturated rings. The topological polar surface area (TPSA) is 15.8 Å². The molecule has 0 unspecified atom stereocenters. The van der Waals surface area contributed by atoms with E-state index in [-0.39, 0.29) is 0 Å². The number of H-pyrrole nitrogens is 1. The van der Waals surface area contributed by atoms with Crippen molar-refractivity contribution in [1.82, 2.24) is 4.98 Å². The number of hydrogen-bond acceptors (Lipinski definition) is 0. The highest BCUT2D eigenvalue weighted by Crippen LogP contribution is 2.15. The largest absolute Gasteiger partial charge is 0.359 e.